The van der Waals surface area contributed by atoms with Crippen molar-refractivity contribution in [2.24, 2.45) is 0 Å². The summed E-state index contributed by atoms with van der Waals surface area (Å²) in [5.41, 5.74) is 3.57. The number of hydrogen-bond donors (Lipinski definition) is 0. The van der Waals surface area contributed by atoms with Crippen LogP contribution in [0.4, 0.5) is 0 Å². The lowest BCUT2D eigenvalue weighted by Gasteiger charge is -2.06. The first-order valence-electron chi connectivity index (χ1n) is 7.13. The lowest BCUT2D eigenvalue weighted by Crippen LogP contribution is -1.97. The number of aromatic nitrogens is 1. The first-order valence-corrected chi connectivity index (χ1v) is 7.92. The number of halogens is 1. The molecule has 3 heteroatoms. The van der Waals surface area contributed by atoms with Crippen molar-refractivity contribution < 1.29 is 4.79 Å². The SMILES string of the molecule is O=C1c2c(ccc3ccccc23)-n2c1c(Br)c1ccccc12. The molecule has 2 nitrogen and oxygen atoms in total. The van der Waals surface area contributed by atoms with Gasteiger partial charge in [-0.15, -0.1) is 0 Å². The lowest BCUT2D eigenvalue weighted by atomic mass is 10.00. The molecule has 0 N–H and O–H groups in total. The molecule has 5 rings (SSSR count). The van der Waals surface area contributed by atoms with Crippen LogP contribution in [0.2, 0.25) is 0 Å². The molecule has 0 saturated carbocycles. The highest BCUT2D eigenvalue weighted by atomic mass is 79.9. The number of hydrogen-bond acceptors (Lipinski definition) is 1. The van der Waals surface area contributed by atoms with Gasteiger partial charge in [-0.05, 0) is 38.8 Å². The highest BCUT2D eigenvalue weighted by molar-refractivity contribution is 9.10. The fourth-order valence-corrected chi connectivity index (χ4v) is 4.15. The van der Waals surface area contributed by atoms with Gasteiger partial charge in [0.25, 0.3) is 0 Å². The Labute approximate surface area is 135 Å². The molecule has 104 valence electrons. The largest absolute Gasteiger partial charge is 0.304 e. The number of rotatable bonds is 0. The maximum atomic E-state index is 13.0. The predicted octanol–water partition coefficient (Wildman–Crippen LogP) is 5.09. The van der Waals surface area contributed by atoms with Crippen LogP contribution in [0.5, 0.6) is 0 Å². The third kappa shape index (κ3) is 1.32. The summed E-state index contributed by atoms with van der Waals surface area (Å²) in [5, 5.41) is 3.19. The first kappa shape index (κ1) is 12.2. The van der Waals surface area contributed by atoms with Crippen molar-refractivity contribution in [2.45, 2.75) is 0 Å². The molecule has 0 saturated heterocycles. The summed E-state index contributed by atoms with van der Waals surface area (Å²) in [6.07, 6.45) is 0. The molecular weight excluding hydrogens is 338 g/mol. The second kappa shape index (κ2) is 4.08. The van der Waals surface area contributed by atoms with Crippen LogP contribution in [-0.4, -0.2) is 10.4 Å². The van der Waals surface area contributed by atoms with E-state index in [2.05, 4.69) is 32.6 Å². The smallest absolute Gasteiger partial charge is 0.213 e. The summed E-state index contributed by atoms with van der Waals surface area (Å²) in [4.78, 5) is 13.0. The molecule has 0 radical (unpaired) electrons. The van der Waals surface area contributed by atoms with E-state index in [4.69, 9.17) is 0 Å². The molecule has 0 fully saturated rings. The average molecular weight is 348 g/mol. The number of benzene rings is 3. The molecule has 0 aliphatic carbocycles. The molecule has 1 aromatic heterocycles. The number of fused-ring (bicyclic) bond motifs is 7. The Kier molecular flexibility index (Phi) is 2.26. The molecule has 0 unspecified atom stereocenters. The van der Waals surface area contributed by atoms with Crippen LogP contribution in [0.3, 0.4) is 0 Å². The zero-order valence-corrected chi connectivity index (χ0v) is 13.1. The van der Waals surface area contributed by atoms with Gasteiger partial charge in [0.1, 0.15) is 5.69 Å². The van der Waals surface area contributed by atoms with E-state index in [1.165, 1.54) is 0 Å². The van der Waals surface area contributed by atoms with E-state index in [0.717, 1.165) is 43.1 Å². The van der Waals surface area contributed by atoms with Crippen LogP contribution >= 0.6 is 15.9 Å². The van der Waals surface area contributed by atoms with Crippen molar-refractivity contribution in [3.63, 3.8) is 0 Å². The zero-order chi connectivity index (χ0) is 14.8. The Morgan fingerprint density at radius 3 is 2.41 bits per heavy atom. The topological polar surface area (TPSA) is 22.0 Å². The monoisotopic (exact) mass is 347 g/mol. The molecule has 4 aromatic rings. The van der Waals surface area contributed by atoms with Gasteiger partial charge < -0.3 is 4.57 Å². The molecule has 2 heterocycles. The minimum Gasteiger partial charge on any atom is -0.304 e. The van der Waals surface area contributed by atoms with Crippen LogP contribution < -0.4 is 0 Å². The van der Waals surface area contributed by atoms with E-state index >= 15 is 0 Å². The Balaban J connectivity index is 2.01. The molecule has 3 aromatic carbocycles. The molecular formula is C19H10BrNO. The van der Waals surface area contributed by atoms with E-state index in [1.54, 1.807) is 0 Å². The van der Waals surface area contributed by atoms with E-state index < -0.39 is 0 Å². The zero-order valence-electron chi connectivity index (χ0n) is 11.5. The molecule has 1 aliphatic rings. The fraction of sp³-hybridized carbons (Fsp3) is 0. The summed E-state index contributed by atoms with van der Waals surface area (Å²) in [6.45, 7) is 0. The van der Waals surface area contributed by atoms with Gasteiger partial charge >= 0.3 is 0 Å². The normalized spacial score (nSPS) is 12.9. The number of para-hydroxylation sites is 1. The van der Waals surface area contributed by atoms with E-state index in [0.29, 0.717) is 0 Å². The van der Waals surface area contributed by atoms with Crippen molar-refractivity contribution in [1.29, 1.82) is 0 Å². The molecule has 22 heavy (non-hydrogen) atoms. The lowest BCUT2D eigenvalue weighted by molar-refractivity contribution is 0.104. The standard InChI is InChI=1S/C19H10BrNO/c20-17-13-7-3-4-8-14(13)21-15-10-9-11-5-1-2-6-12(11)16(15)19(22)18(17)21/h1-10H. The molecule has 0 spiro atoms. The Bertz CT molecular complexity index is 1110. The number of carbonyl (C=O) groups excluding carboxylic acids is 1. The van der Waals surface area contributed by atoms with Crippen LogP contribution in [0, 0.1) is 0 Å². The minimum atomic E-state index is 0.0925. The summed E-state index contributed by atoms with van der Waals surface area (Å²) < 4.78 is 2.96. The third-order valence-electron chi connectivity index (χ3n) is 4.40. The quantitative estimate of drug-likeness (QED) is 0.382. The van der Waals surface area contributed by atoms with Gasteiger partial charge in [-0.2, -0.15) is 0 Å². The average Bonchev–Trinajstić information content (AvgIpc) is 3.03. The third-order valence-corrected chi connectivity index (χ3v) is 5.21. The summed E-state index contributed by atoms with van der Waals surface area (Å²) in [7, 11) is 0. The number of nitrogens with zero attached hydrogens (tertiary/aromatic N) is 1. The van der Waals surface area contributed by atoms with Crippen molar-refractivity contribution in [2.75, 3.05) is 0 Å². The molecule has 0 bridgehead atoms. The second-order valence-electron chi connectivity index (χ2n) is 5.53. The Hall–Kier alpha value is -2.39. The van der Waals surface area contributed by atoms with Crippen LogP contribution in [0.1, 0.15) is 16.1 Å². The van der Waals surface area contributed by atoms with Crippen molar-refractivity contribution in [1.82, 2.24) is 4.57 Å². The first-order chi connectivity index (χ1) is 10.8. The van der Waals surface area contributed by atoms with Gasteiger partial charge in [-0.25, -0.2) is 0 Å². The van der Waals surface area contributed by atoms with E-state index in [9.17, 15) is 4.79 Å². The summed E-state index contributed by atoms with van der Waals surface area (Å²) >= 11 is 3.62. The number of carbonyl (C=O) groups is 1. The molecule has 1 aliphatic heterocycles. The van der Waals surface area contributed by atoms with Crippen molar-refractivity contribution >= 4 is 43.4 Å². The number of ketones is 1. The van der Waals surface area contributed by atoms with Gasteiger partial charge in [0, 0.05) is 5.39 Å². The fourth-order valence-electron chi connectivity index (χ4n) is 3.46. The summed E-state index contributed by atoms with van der Waals surface area (Å²) in [5.74, 6) is 0.0925. The highest BCUT2D eigenvalue weighted by Gasteiger charge is 2.33. The highest BCUT2D eigenvalue weighted by Crippen LogP contribution is 2.42. The van der Waals surface area contributed by atoms with Gasteiger partial charge in [0.2, 0.25) is 5.78 Å². The van der Waals surface area contributed by atoms with Crippen LogP contribution in [0.15, 0.2) is 65.1 Å². The van der Waals surface area contributed by atoms with Crippen LogP contribution in [0.25, 0.3) is 27.4 Å². The Morgan fingerprint density at radius 1 is 0.818 bits per heavy atom. The maximum absolute atomic E-state index is 13.0. The van der Waals surface area contributed by atoms with E-state index in [-0.39, 0.29) is 5.78 Å². The van der Waals surface area contributed by atoms with Gasteiger partial charge in [0.05, 0.1) is 21.2 Å². The molecule has 0 amide bonds. The van der Waals surface area contributed by atoms with Crippen molar-refractivity contribution in [3.05, 3.63) is 76.4 Å². The second-order valence-corrected chi connectivity index (χ2v) is 6.32. The van der Waals surface area contributed by atoms with E-state index in [1.807, 2.05) is 48.5 Å². The van der Waals surface area contributed by atoms with Crippen LogP contribution in [-0.2, 0) is 0 Å². The van der Waals surface area contributed by atoms with Gasteiger partial charge in [-0.3, -0.25) is 4.79 Å². The predicted molar refractivity (Wildman–Crippen MR) is 91.9 cm³/mol. The van der Waals surface area contributed by atoms with Crippen molar-refractivity contribution in [3.8, 4) is 5.69 Å². The molecule has 0 atom stereocenters. The minimum absolute atomic E-state index is 0.0925. The van der Waals surface area contributed by atoms with Gasteiger partial charge in [0.15, 0.2) is 0 Å². The Morgan fingerprint density at radius 2 is 1.55 bits per heavy atom. The maximum Gasteiger partial charge on any atom is 0.213 e. The van der Waals surface area contributed by atoms with Gasteiger partial charge in [-0.1, -0.05) is 48.5 Å². The summed E-state index contributed by atoms with van der Waals surface area (Å²) in [6, 6.07) is 20.3.